The van der Waals surface area contributed by atoms with Gasteiger partial charge in [-0.05, 0) is 48.6 Å². The minimum Gasteiger partial charge on any atom is -0.354 e. The van der Waals surface area contributed by atoms with Gasteiger partial charge in [-0.15, -0.1) is 0 Å². The van der Waals surface area contributed by atoms with Gasteiger partial charge in [-0.25, -0.2) is 8.42 Å². The SMILES string of the molecule is CCC(=O)N1c2ccc(S(=O)(=O)N3CCCCC3)cc2C[C@H]1C(=O)NCCc1ccccc1. The minimum atomic E-state index is -3.58. The first-order chi connectivity index (χ1) is 15.9. The fourth-order valence-corrected chi connectivity index (χ4v) is 6.19. The summed E-state index contributed by atoms with van der Waals surface area (Å²) in [5.74, 6) is -0.368. The topological polar surface area (TPSA) is 86.8 Å². The van der Waals surface area contributed by atoms with Crippen LogP contribution in [-0.2, 0) is 32.5 Å². The first kappa shape index (κ1) is 23.4. The van der Waals surface area contributed by atoms with Gasteiger partial charge in [0.15, 0.2) is 0 Å². The van der Waals surface area contributed by atoms with E-state index < -0.39 is 16.1 Å². The number of rotatable bonds is 7. The van der Waals surface area contributed by atoms with E-state index in [1.807, 2.05) is 30.3 Å². The molecule has 2 amide bonds. The molecule has 4 rings (SSSR count). The van der Waals surface area contributed by atoms with Crippen LogP contribution in [0.5, 0.6) is 0 Å². The third-order valence-electron chi connectivity index (χ3n) is 6.42. The molecule has 0 unspecified atom stereocenters. The molecule has 0 bridgehead atoms. The van der Waals surface area contributed by atoms with Gasteiger partial charge in [-0.2, -0.15) is 4.31 Å². The number of anilines is 1. The Morgan fingerprint density at radius 2 is 1.76 bits per heavy atom. The number of carbonyl (C=O) groups excluding carboxylic acids is 2. The summed E-state index contributed by atoms with van der Waals surface area (Å²) >= 11 is 0. The van der Waals surface area contributed by atoms with Gasteiger partial charge >= 0.3 is 0 Å². The number of hydrogen-bond donors (Lipinski definition) is 1. The Labute approximate surface area is 195 Å². The molecule has 1 atom stereocenters. The fraction of sp³-hybridized carbons (Fsp3) is 0.440. The van der Waals surface area contributed by atoms with Crippen LogP contribution in [0.15, 0.2) is 53.4 Å². The number of benzene rings is 2. The maximum absolute atomic E-state index is 13.1. The summed E-state index contributed by atoms with van der Waals surface area (Å²) in [6.45, 7) is 3.30. The molecule has 33 heavy (non-hydrogen) atoms. The molecule has 1 saturated heterocycles. The lowest BCUT2D eigenvalue weighted by atomic mass is 10.1. The summed E-state index contributed by atoms with van der Waals surface area (Å²) in [6.07, 6.45) is 4.06. The number of piperidine rings is 1. The lowest BCUT2D eigenvalue weighted by molar-refractivity contribution is -0.126. The second kappa shape index (κ2) is 10.1. The molecule has 0 aliphatic carbocycles. The van der Waals surface area contributed by atoms with Crippen molar-refractivity contribution in [2.45, 2.75) is 56.4 Å². The second-order valence-corrected chi connectivity index (χ2v) is 10.6. The number of fused-ring (bicyclic) bond motifs is 1. The standard InChI is InChI=1S/C25H31N3O4S/c1-2-24(29)28-22-12-11-21(33(31,32)27-15-7-4-8-16-27)17-20(22)18-23(28)25(30)26-14-13-19-9-5-3-6-10-19/h3,5-6,9-12,17,23H,2,4,7-8,13-16,18H2,1H3,(H,26,30)/t23-/m0/s1. The average molecular weight is 470 g/mol. The highest BCUT2D eigenvalue weighted by molar-refractivity contribution is 7.89. The predicted octanol–water partition coefficient (Wildman–Crippen LogP) is 2.89. The third kappa shape index (κ3) is 4.96. The number of hydrogen-bond acceptors (Lipinski definition) is 4. The van der Waals surface area contributed by atoms with Crippen molar-refractivity contribution in [3.05, 3.63) is 59.7 Å². The van der Waals surface area contributed by atoms with Crippen LogP contribution in [0.1, 0.15) is 43.7 Å². The lowest BCUT2D eigenvalue weighted by Crippen LogP contribution is -2.48. The van der Waals surface area contributed by atoms with Crippen molar-refractivity contribution in [2.75, 3.05) is 24.5 Å². The normalized spacial score (nSPS) is 18.7. The van der Waals surface area contributed by atoms with Gasteiger partial charge in [0.2, 0.25) is 21.8 Å². The molecule has 7 nitrogen and oxygen atoms in total. The summed E-state index contributed by atoms with van der Waals surface area (Å²) < 4.78 is 27.8. The molecule has 0 aromatic heterocycles. The van der Waals surface area contributed by atoms with Crippen LogP contribution in [0.4, 0.5) is 5.69 Å². The molecule has 2 aliphatic heterocycles. The highest BCUT2D eigenvalue weighted by atomic mass is 32.2. The van der Waals surface area contributed by atoms with Crippen molar-refractivity contribution in [2.24, 2.45) is 0 Å². The number of carbonyl (C=O) groups is 2. The van der Waals surface area contributed by atoms with Crippen LogP contribution >= 0.6 is 0 Å². The van der Waals surface area contributed by atoms with E-state index in [1.54, 1.807) is 25.1 Å². The van der Waals surface area contributed by atoms with Gasteiger partial charge in [0.25, 0.3) is 0 Å². The molecule has 0 spiro atoms. The number of nitrogens with one attached hydrogen (secondary N) is 1. The maximum atomic E-state index is 13.1. The third-order valence-corrected chi connectivity index (χ3v) is 8.31. The highest BCUT2D eigenvalue weighted by Gasteiger charge is 2.38. The zero-order valence-electron chi connectivity index (χ0n) is 19.0. The zero-order chi connectivity index (χ0) is 23.4. The number of nitrogens with zero attached hydrogens (tertiary/aromatic N) is 2. The molecule has 0 radical (unpaired) electrons. The summed E-state index contributed by atoms with van der Waals surface area (Å²) in [6, 6.07) is 14.1. The second-order valence-electron chi connectivity index (χ2n) is 8.62. The van der Waals surface area contributed by atoms with E-state index in [2.05, 4.69) is 5.32 Å². The summed E-state index contributed by atoms with van der Waals surface area (Å²) in [5, 5.41) is 2.95. The van der Waals surface area contributed by atoms with E-state index in [0.717, 1.165) is 30.4 Å². The Balaban J connectivity index is 1.52. The smallest absolute Gasteiger partial charge is 0.243 e. The predicted molar refractivity (Wildman–Crippen MR) is 127 cm³/mol. The molecule has 8 heteroatoms. The van der Waals surface area contributed by atoms with Crippen molar-refractivity contribution < 1.29 is 18.0 Å². The first-order valence-electron chi connectivity index (χ1n) is 11.7. The van der Waals surface area contributed by atoms with Gasteiger partial charge in [-0.1, -0.05) is 43.7 Å². The average Bonchev–Trinajstić information content (AvgIpc) is 3.24. The molecule has 0 saturated carbocycles. The van der Waals surface area contributed by atoms with Gasteiger partial charge in [0, 0.05) is 38.2 Å². The minimum absolute atomic E-state index is 0.149. The van der Waals surface area contributed by atoms with E-state index in [4.69, 9.17) is 0 Å². The molecule has 176 valence electrons. The maximum Gasteiger partial charge on any atom is 0.243 e. The first-order valence-corrected chi connectivity index (χ1v) is 13.1. The van der Waals surface area contributed by atoms with Crippen molar-refractivity contribution in [1.29, 1.82) is 0 Å². The molecule has 2 aromatic carbocycles. The molecule has 1 fully saturated rings. The molecule has 2 heterocycles. The molecule has 2 aliphatic rings. The van der Waals surface area contributed by atoms with Gasteiger partial charge < -0.3 is 5.32 Å². The van der Waals surface area contributed by atoms with Crippen LogP contribution in [0.25, 0.3) is 0 Å². The van der Waals surface area contributed by atoms with E-state index in [9.17, 15) is 18.0 Å². The Kier molecular flexibility index (Phi) is 7.14. The van der Waals surface area contributed by atoms with Crippen LogP contribution in [0.2, 0.25) is 0 Å². The van der Waals surface area contributed by atoms with Crippen molar-refractivity contribution in [3.8, 4) is 0 Å². The monoisotopic (exact) mass is 469 g/mol. The summed E-state index contributed by atoms with van der Waals surface area (Å²) in [4.78, 5) is 27.5. The van der Waals surface area contributed by atoms with E-state index in [0.29, 0.717) is 38.2 Å². The Morgan fingerprint density at radius 3 is 2.45 bits per heavy atom. The van der Waals surface area contributed by atoms with Gasteiger partial charge in [0.1, 0.15) is 6.04 Å². The van der Waals surface area contributed by atoms with Crippen LogP contribution < -0.4 is 10.2 Å². The Bertz CT molecular complexity index is 1110. The van der Waals surface area contributed by atoms with E-state index >= 15 is 0 Å². The molecular formula is C25H31N3O4S. The largest absolute Gasteiger partial charge is 0.354 e. The van der Waals surface area contributed by atoms with Crippen LogP contribution in [-0.4, -0.2) is 50.2 Å². The van der Waals surface area contributed by atoms with E-state index in [-0.39, 0.29) is 23.1 Å². The highest BCUT2D eigenvalue weighted by Crippen LogP contribution is 2.35. The van der Waals surface area contributed by atoms with Gasteiger partial charge in [0.05, 0.1) is 4.90 Å². The van der Waals surface area contributed by atoms with Crippen molar-refractivity contribution >= 4 is 27.5 Å². The lowest BCUT2D eigenvalue weighted by Gasteiger charge is -2.26. The van der Waals surface area contributed by atoms with Crippen molar-refractivity contribution in [1.82, 2.24) is 9.62 Å². The zero-order valence-corrected chi connectivity index (χ0v) is 19.8. The van der Waals surface area contributed by atoms with Crippen molar-refractivity contribution in [3.63, 3.8) is 0 Å². The van der Waals surface area contributed by atoms with Crippen LogP contribution in [0, 0.1) is 0 Å². The van der Waals surface area contributed by atoms with E-state index in [1.165, 1.54) is 9.21 Å². The van der Waals surface area contributed by atoms with Gasteiger partial charge in [-0.3, -0.25) is 14.5 Å². The fourth-order valence-electron chi connectivity index (χ4n) is 4.62. The summed E-state index contributed by atoms with van der Waals surface area (Å²) in [7, 11) is -3.58. The Morgan fingerprint density at radius 1 is 1.03 bits per heavy atom. The van der Waals surface area contributed by atoms with Crippen LogP contribution in [0.3, 0.4) is 0 Å². The summed E-state index contributed by atoms with van der Waals surface area (Å²) in [5.41, 5.74) is 2.47. The molecular weight excluding hydrogens is 438 g/mol. The number of amides is 2. The Hall–Kier alpha value is -2.71. The molecule has 1 N–H and O–H groups in total. The molecule has 2 aromatic rings. The quantitative estimate of drug-likeness (QED) is 0.676. The number of sulfonamides is 1.